The minimum atomic E-state index is -3.95. The van der Waals surface area contributed by atoms with Crippen LogP contribution < -0.4 is 0 Å². The number of carbonyl (C=O) groups is 3. The Kier molecular flexibility index (Phi) is 7.58. The highest BCUT2D eigenvalue weighted by atomic mass is 32.2. The summed E-state index contributed by atoms with van der Waals surface area (Å²) in [6, 6.07) is 3.22. The zero-order valence-electron chi connectivity index (χ0n) is 20.7. The van der Waals surface area contributed by atoms with E-state index in [4.69, 9.17) is 0 Å². The van der Waals surface area contributed by atoms with Crippen molar-refractivity contribution in [3.8, 4) is 0 Å². The number of hydrogen-bond acceptors (Lipinski definition) is 7. The minimum Gasteiger partial charge on any atom is -0.340 e. The van der Waals surface area contributed by atoms with E-state index in [1.165, 1.54) is 21.5 Å². The molecule has 3 aliphatic rings. The van der Waals surface area contributed by atoms with Crippen LogP contribution in [0.15, 0.2) is 29.4 Å². The standard InChI is InChI=1S/C24H35N5O5S/c1-17(2)14-18(15-22(31)27-12-10-26(3)11-13-27)24(32)28-9-7-19-23(28)20(30)16-29(19)35(33,34)21-6-4-5-8-25-21/h4-6,8,17-19,23H,7,9-16H2,1-3H3. The number of Topliss-reactive ketones (excluding diaryl/α,β-unsaturated/α-hetero) is 1. The summed E-state index contributed by atoms with van der Waals surface area (Å²) in [5, 5.41) is -0.103. The largest absolute Gasteiger partial charge is 0.340 e. The number of amides is 2. The monoisotopic (exact) mass is 505 g/mol. The first-order chi connectivity index (χ1) is 16.6. The second kappa shape index (κ2) is 10.3. The maximum absolute atomic E-state index is 13.7. The van der Waals surface area contributed by atoms with Crippen molar-refractivity contribution in [2.24, 2.45) is 11.8 Å². The van der Waals surface area contributed by atoms with Gasteiger partial charge in [-0.25, -0.2) is 13.4 Å². The summed E-state index contributed by atoms with van der Waals surface area (Å²) in [5.41, 5.74) is 0. The van der Waals surface area contributed by atoms with Gasteiger partial charge in [0.25, 0.3) is 10.0 Å². The number of likely N-dealkylation sites (tertiary alicyclic amines) is 1. The molecule has 2 amide bonds. The summed E-state index contributed by atoms with van der Waals surface area (Å²) in [6.07, 6.45) is 2.44. The van der Waals surface area contributed by atoms with Crippen molar-refractivity contribution in [2.75, 3.05) is 46.3 Å². The topological polar surface area (TPSA) is 111 Å². The van der Waals surface area contributed by atoms with E-state index in [0.29, 0.717) is 32.5 Å². The van der Waals surface area contributed by atoms with E-state index in [9.17, 15) is 22.8 Å². The van der Waals surface area contributed by atoms with Gasteiger partial charge in [0.15, 0.2) is 10.8 Å². The molecule has 0 radical (unpaired) electrons. The number of ketones is 1. The summed E-state index contributed by atoms with van der Waals surface area (Å²) in [7, 11) is -1.93. The van der Waals surface area contributed by atoms with Gasteiger partial charge in [-0.15, -0.1) is 0 Å². The Morgan fingerprint density at radius 3 is 2.46 bits per heavy atom. The number of sulfonamides is 1. The van der Waals surface area contributed by atoms with Crippen molar-refractivity contribution in [1.29, 1.82) is 0 Å². The van der Waals surface area contributed by atoms with Gasteiger partial charge in [0.05, 0.1) is 12.6 Å². The molecule has 1 aromatic heterocycles. The summed E-state index contributed by atoms with van der Waals surface area (Å²) in [5.74, 6) is -0.879. The molecule has 0 spiro atoms. The van der Waals surface area contributed by atoms with Crippen LogP contribution in [0.5, 0.6) is 0 Å². The lowest BCUT2D eigenvalue weighted by atomic mass is 9.91. The molecule has 0 N–H and O–H groups in total. The van der Waals surface area contributed by atoms with Gasteiger partial charge in [-0.3, -0.25) is 14.4 Å². The van der Waals surface area contributed by atoms with Crippen molar-refractivity contribution in [2.45, 2.75) is 50.2 Å². The van der Waals surface area contributed by atoms with Crippen LogP contribution in [-0.4, -0.2) is 108 Å². The lowest BCUT2D eigenvalue weighted by molar-refractivity contribution is -0.144. The van der Waals surface area contributed by atoms with E-state index in [2.05, 4.69) is 9.88 Å². The molecule has 192 valence electrons. The molecule has 1 aromatic rings. The third kappa shape index (κ3) is 5.26. The Hall–Kier alpha value is -2.37. The lowest BCUT2D eigenvalue weighted by Gasteiger charge is -2.34. The van der Waals surface area contributed by atoms with Gasteiger partial charge in [0.1, 0.15) is 6.04 Å². The number of piperazine rings is 1. The highest BCUT2D eigenvalue weighted by Gasteiger charge is 2.54. The summed E-state index contributed by atoms with van der Waals surface area (Å²) in [6.45, 7) is 6.94. The van der Waals surface area contributed by atoms with Crippen LogP contribution in [0.4, 0.5) is 0 Å². The highest BCUT2D eigenvalue weighted by molar-refractivity contribution is 7.89. The number of aromatic nitrogens is 1. The Morgan fingerprint density at radius 2 is 1.83 bits per heavy atom. The molecule has 0 saturated carbocycles. The first-order valence-corrected chi connectivity index (χ1v) is 13.8. The molecule has 3 aliphatic heterocycles. The first kappa shape index (κ1) is 25.7. The molecular weight excluding hydrogens is 470 g/mol. The van der Waals surface area contributed by atoms with E-state index in [1.54, 1.807) is 12.1 Å². The Balaban J connectivity index is 1.50. The van der Waals surface area contributed by atoms with Crippen LogP contribution in [0.3, 0.4) is 0 Å². The number of nitrogens with zero attached hydrogens (tertiary/aromatic N) is 5. The first-order valence-electron chi connectivity index (χ1n) is 12.3. The lowest BCUT2D eigenvalue weighted by Crippen LogP contribution is -2.49. The van der Waals surface area contributed by atoms with Gasteiger partial charge >= 0.3 is 0 Å². The van der Waals surface area contributed by atoms with Crippen LogP contribution in [-0.2, 0) is 24.4 Å². The van der Waals surface area contributed by atoms with Crippen molar-refractivity contribution in [3.05, 3.63) is 24.4 Å². The average molecular weight is 506 g/mol. The maximum Gasteiger partial charge on any atom is 0.261 e. The van der Waals surface area contributed by atoms with Crippen molar-refractivity contribution < 1.29 is 22.8 Å². The molecule has 0 aromatic carbocycles. The summed E-state index contributed by atoms with van der Waals surface area (Å²) in [4.78, 5) is 49.2. The van der Waals surface area contributed by atoms with E-state index in [1.807, 2.05) is 25.8 Å². The molecule has 0 aliphatic carbocycles. The normalized spacial score (nSPS) is 24.7. The fraction of sp³-hybridized carbons (Fsp3) is 0.667. The molecule has 10 nitrogen and oxygen atoms in total. The van der Waals surface area contributed by atoms with Crippen molar-refractivity contribution >= 4 is 27.6 Å². The van der Waals surface area contributed by atoms with Gasteiger partial charge < -0.3 is 14.7 Å². The minimum absolute atomic E-state index is 0.0371. The van der Waals surface area contributed by atoms with Gasteiger partial charge in [0.2, 0.25) is 11.8 Å². The number of pyridine rings is 1. The quantitative estimate of drug-likeness (QED) is 0.529. The zero-order valence-corrected chi connectivity index (χ0v) is 21.5. The predicted octanol–water partition coefficient (Wildman–Crippen LogP) is 0.451. The SMILES string of the molecule is CC(C)CC(CC(=O)N1CCN(C)CC1)C(=O)N1CCC2C1C(=O)CN2S(=O)(=O)c1ccccn1. The Labute approximate surface area is 207 Å². The van der Waals surface area contributed by atoms with Crippen LogP contribution in [0.1, 0.15) is 33.1 Å². The smallest absolute Gasteiger partial charge is 0.261 e. The van der Waals surface area contributed by atoms with Gasteiger partial charge in [-0.2, -0.15) is 4.31 Å². The zero-order chi connectivity index (χ0) is 25.3. The second-order valence-electron chi connectivity index (χ2n) is 10.2. The van der Waals surface area contributed by atoms with E-state index in [-0.39, 0.29) is 41.5 Å². The van der Waals surface area contributed by atoms with Gasteiger partial charge in [0, 0.05) is 51.3 Å². The third-order valence-electron chi connectivity index (χ3n) is 7.25. The molecule has 0 bridgehead atoms. The predicted molar refractivity (Wildman–Crippen MR) is 129 cm³/mol. The fourth-order valence-electron chi connectivity index (χ4n) is 5.43. The molecule has 4 rings (SSSR count). The van der Waals surface area contributed by atoms with E-state index >= 15 is 0 Å². The molecule has 11 heteroatoms. The third-order valence-corrected chi connectivity index (χ3v) is 9.04. The summed E-state index contributed by atoms with van der Waals surface area (Å²) >= 11 is 0. The second-order valence-corrected chi connectivity index (χ2v) is 12.1. The molecule has 3 saturated heterocycles. The molecule has 3 atom stereocenters. The van der Waals surface area contributed by atoms with E-state index < -0.39 is 28.0 Å². The van der Waals surface area contributed by atoms with Crippen LogP contribution in [0, 0.1) is 11.8 Å². The molecule has 4 heterocycles. The molecular formula is C24H35N5O5S. The average Bonchev–Trinajstić information content (AvgIpc) is 3.40. The Morgan fingerprint density at radius 1 is 1.11 bits per heavy atom. The highest BCUT2D eigenvalue weighted by Crippen LogP contribution is 2.35. The number of fused-ring (bicyclic) bond motifs is 1. The number of carbonyl (C=O) groups excluding carboxylic acids is 3. The number of hydrogen-bond donors (Lipinski definition) is 0. The molecule has 3 unspecified atom stereocenters. The van der Waals surface area contributed by atoms with Crippen LogP contribution in [0.25, 0.3) is 0 Å². The maximum atomic E-state index is 13.7. The van der Waals surface area contributed by atoms with Gasteiger partial charge in [-0.1, -0.05) is 19.9 Å². The molecule has 35 heavy (non-hydrogen) atoms. The number of rotatable bonds is 7. The van der Waals surface area contributed by atoms with E-state index in [0.717, 1.165) is 13.1 Å². The molecule has 3 fully saturated rings. The van der Waals surface area contributed by atoms with Crippen LogP contribution >= 0.6 is 0 Å². The van der Waals surface area contributed by atoms with Crippen LogP contribution in [0.2, 0.25) is 0 Å². The number of likely N-dealkylation sites (N-methyl/N-ethyl adjacent to an activating group) is 1. The van der Waals surface area contributed by atoms with Crippen molar-refractivity contribution in [3.63, 3.8) is 0 Å². The fourth-order valence-corrected chi connectivity index (χ4v) is 6.99. The van der Waals surface area contributed by atoms with Gasteiger partial charge in [-0.05, 0) is 37.9 Å². The summed E-state index contributed by atoms with van der Waals surface area (Å²) < 4.78 is 27.5. The van der Waals surface area contributed by atoms with Crippen molar-refractivity contribution in [1.82, 2.24) is 24.0 Å². The Bertz CT molecular complexity index is 1060.